The molecule has 10 heteroatoms. The summed E-state index contributed by atoms with van der Waals surface area (Å²) in [5, 5.41) is 7.36. The molecule has 0 atom stereocenters. The van der Waals surface area contributed by atoms with Crippen molar-refractivity contribution >= 4 is 56.2 Å². The molecule has 3 aromatic rings. The van der Waals surface area contributed by atoms with Gasteiger partial charge in [0.1, 0.15) is 0 Å². The molecule has 0 saturated carbocycles. The summed E-state index contributed by atoms with van der Waals surface area (Å²) in [5.41, 5.74) is 1.01. The van der Waals surface area contributed by atoms with Crippen molar-refractivity contribution in [2.75, 3.05) is 10.6 Å². The van der Waals surface area contributed by atoms with Gasteiger partial charge < -0.3 is 10.6 Å². The van der Waals surface area contributed by atoms with Crippen LogP contribution in [0.2, 0.25) is 5.02 Å². The van der Waals surface area contributed by atoms with Crippen molar-refractivity contribution in [3.8, 4) is 0 Å². The molecule has 0 radical (unpaired) electrons. The molecule has 7 nitrogen and oxygen atoms in total. The number of rotatable bonds is 7. The Morgan fingerprint density at radius 2 is 1.83 bits per heavy atom. The van der Waals surface area contributed by atoms with E-state index in [9.17, 15) is 18.0 Å². The minimum Gasteiger partial charge on any atom is -0.325 e. The normalized spacial score (nSPS) is 11.1. The van der Waals surface area contributed by atoms with Crippen LogP contribution in [-0.4, -0.2) is 20.2 Å². The third-order valence-corrected chi connectivity index (χ3v) is 6.55. The Balaban J connectivity index is 1.72. The summed E-state index contributed by atoms with van der Waals surface area (Å²) in [5.74, 6) is -0.756. The predicted octanol–water partition coefficient (Wildman–Crippen LogP) is 4.09. The van der Waals surface area contributed by atoms with Crippen LogP contribution >= 0.6 is 22.9 Å². The summed E-state index contributed by atoms with van der Waals surface area (Å²) in [6, 6.07) is 14.1. The van der Waals surface area contributed by atoms with Crippen molar-refractivity contribution < 1.29 is 18.0 Å². The molecule has 2 aromatic carbocycles. The van der Waals surface area contributed by atoms with Gasteiger partial charge in [-0.25, -0.2) is 13.1 Å². The summed E-state index contributed by atoms with van der Waals surface area (Å²) in [4.78, 5) is 24.6. The molecule has 2 amide bonds. The van der Waals surface area contributed by atoms with Crippen molar-refractivity contribution in [2.45, 2.75) is 18.4 Å². The Kier molecular flexibility index (Phi) is 6.88. The molecular weight excluding hydrogens is 446 g/mol. The molecule has 1 aromatic heterocycles. The number of hydrogen-bond donors (Lipinski definition) is 3. The van der Waals surface area contributed by atoms with Crippen molar-refractivity contribution in [1.82, 2.24) is 4.72 Å². The lowest BCUT2D eigenvalue weighted by Gasteiger charge is -2.10. The van der Waals surface area contributed by atoms with Crippen LogP contribution in [0, 0.1) is 0 Å². The first-order valence-corrected chi connectivity index (χ1v) is 11.5. The largest absolute Gasteiger partial charge is 0.325 e. The van der Waals surface area contributed by atoms with Crippen LogP contribution in [-0.2, 0) is 21.4 Å². The number of carbonyl (C=O) groups excluding carboxylic acids is 2. The van der Waals surface area contributed by atoms with E-state index in [1.807, 2.05) is 17.5 Å². The van der Waals surface area contributed by atoms with Gasteiger partial charge in [-0.05, 0) is 47.8 Å². The highest BCUT2D eigenvalue weighted by atomic mass is 35.5. The highest BCUT2D eigenvalue weighted by molar-refractivity contribution is 7.89. The number of amides is 2. The minimum atomic E-state index is -3.77. The quantitative estimate of drug-likeness (QED) is 0.490. The van der Waals surface area contributed by atoms with E-state index in [1.165, 1.54) is 48.6 Å². The van der Waals surface area contributed by atoms with Gasteiger partial charge >= 0.3 is 0 Å². The Bertz CT molecular complexity index is 1180. The van der Waals surface area contributed by atoms with Gasteiger partial charge in [0.15, 0.2) is 0 Å². The topological polar surface area (TPSA) is 104 Å². The van der Waals surface area contributed by atoms with Crippen LogP contribution in [0.5, 0.6) is 0 Å². The van der Waals surface area contributed by atoms with Crippen LogP contribution in [0.4, 0.5) is 11.4 Å². The van der Waals surface area contributed by atoms with E-state index in [0.29, 0.717) is 11.4 Å². The number of sulfonamides is 1. The van der Waals surface area contributed by atoms with Crippen molar-refractivity contribution in [3.05, 3.63) is 75.4 Å². The minimum absolute atomic E-state index is 0.00857. The van der Waals surface area contributed by atoms with Crippen LogP contribution in [0.15, 0.2) is 64.9 Å². The highest BCUT2D eigenvalue weighted by Gasteiger charge is 2.17. The summed E-state index contributed by atoms with van der Waals surface area (Å²) in [6.07, 6.45) is 0. The second-order valence-electron chi connectivity index (χ2n) is 6.26. The molecule has 3 rings (SSSR count). The van der Waals surface area contributed by atoms with E-state index in [4.69, 9.17) is 11.6 Å². The lowest BCUT2D eigenvalue weighted by Crippen LogP contribution is -2.23. The third kappa shape index (κ3) is 5.67. The number of thiophene rings is 1. The van der Waals surface area contributed by atoms with Crippen LogP contribution in [0.3, 0.4) is 0 Å². The number of nitrogens with one attached hydrogen (secondary N) is 3. The van der Waals surface area contributed by atoms with E-state index in [-0.39, 0.29) is 27.9 Å². The van der Waals surface area contributed by atoms with E-state index >= 15 is 0 Å². The first kappa shape index (κ1) is 22.0. The highest BCUT2D eigenvalue weighted by Crippen LogP contribution is 2.26. The van der Waals surface area contributed by atoms with Gasteiger partial charge in [0.25, 0.3) is 5.91 Å². The average molecular weight is 464 g/mol. The van der Waals surface area contributed by atoms with Crippen LogP contribution in [0.1, 0.15) is 22.2 Å². The maximum Gasteiger partial charge on any atom is 0.255 e. The van der Waals surface area contributed by atoms with Crippen LogP contribution in [0.25, 0.3) is 0 Å². The zero-order valence-electron chi connectivity index (χ0n) is 15.8. The smallest absolute Gasteiger partial charge is 0.255 e. The van der Waals surface area contributed by atoms with E-state index in [2.05, 4.69) is 15.4 Å². The first-order valence-electron chi connectivity index (χ1n) is 8.75. The van der Waals surface area contributed by atoms with Gasteiger partial charge in [0.05, 0.1) is 15.6 Å². The lowest BCUT2D eigenvalue weighted by molar-refractivity contribution is -0.114. The molecule has 0 aliphatic carbocycles. The van der Waals surface area contributed by atoms with E-state index < -0.39 is 15.9 Å². The fourth-order valence-corrected chi connectivity index (χ4v) is 4.57. The first-order chi connectivity index (χ1) is 14.2. The average Bonchev–Trinajstić information content (AvgIpc) is 3.22. The Morgan fingerprint density at radius 1 is 1.03 bits per heavy atom. The monoisotopic (exact) mass is 463 g/mol. The molecule has 156 valence electrons. The number of halogens is 1. The zero-order chi connectivity index (χ0) is 21.7. The molecule has 0 aliphatic heterocycles. The second kappa shape index (κ2) is 9.40. The van der Waals surface area contributed by atoms with Gasteiger partial charge in [0.2, 0.25) is 15.9 Å². The van der Waals surface area contributed by atoms with Gasteiger partial charge in [-0.1, -0.05) is 23.7 Å². The lowest BCUT2D eigenvalue weighted by atomic mass is 10.2. The summed E-state index contributed by atoms with van der Waals surface area (Å²) in [6.45, 7) is 1.54. The van der Waals surface area contributed by atoms with Gasteiger partial charge in [-0.3, -0.25) is 9.59 Å². The molecule has 0 aliphatic rings. The third-order valence-electron chi connectivity index (χ3n) is 3.96. The molecule has 0 bridgehead atoms. The zero-order valence-corrected chi connectivity index (χ0v) is 18.2. The molecule has 0 fully saturated rings. The SMILES string of the molecule is CC(=O)Nc1ccc(NC(=O)c2cccc(S(=O)(=O)NCc3cccs3)c2)cc1Cl. The molecule has 0 spiro atoms. The Morgan fingerprint density at radius 3 is 2.50 bits per heavy atom. The summed E-state index contributed by atoms with van der Waals surface area (Å²) in [7, 11) is -3.77. The maximum absolute atomic E-state index is 12.6. The van der Waals surface area contributed by atoms with Gasteiger partial charge in [-0.2, -0.15) is 0 Å². The standard InChI is InChI=1S/C20H18ClN3O4S2/c1-13(25)23-19-8-7-15(11-18(19)21)24-20(26)14-4-2-6-17(10-14)30(27,28)22-12-16-5-3-9-29-16/h2-11,22H,12H2,1H3,(H,23,25)(H,24,26). The fourth-order valence-electron chi connectivity index (χ4n) is 2.55. The molecule has 0 unspecified atom stereocenters. The Labute approximate surface area is 183 Å². The van der Waals surface area contributed by atoms with Crippen molar-refractivity contribution in [1.29, 1.82) is 0 Å². The van der Waals surface area contributed by atoms with Gasteiger partial charge in [-0.15, -0.1) is 11.3 Å². The molecule has 30 heavy (non-hydrogen) atoms. The predicted molar refractivity (Wildman–Crippen MR) is 118 cm³/mol. The number of benzene rings is 2. The Hall–Kier alpha value is -2.72. The van der Waals surface area contributed by atoms with Crippen molar-refractivity contribution in [2.24, 2.45) is 0 Å². The van der Waals surface area contributed by atoms with Crippen LogP contribution < -0.4 is 15.4 Å². The van der Waals surface area contributed by atoms with E-state index in [0.717, 1.165) is 4.88 Å². The number of hydrogen-bond acceptors (Lipinski definition) is 5. The summed E-state index contributed by atoms with van der Waals surface area (Å²) >= 11 is 7.56. The molecule has 1 heterocycles. The fraction of sp³-hybridized carbons (Fsp3) is 0.100. The van der Waals surface area contributed by atoms with Gasteiger partial charge in [0, 0.05) is 29.6 Å². The number of carbonyl (C=O) groups is 2. The van der Waals surface area contributed by atoms with Crippen molar-refractivity contribution in [3.63, 3.8) is 0 Å². The second-order valence-corrected chi connectivity index (χ2v) is 9.47. The summed E-state index contributed by atoms with van der Waals surface area (Å²) < 4.78 is 27.6. The molecule has 0 saturated heterocycles. The maximum atomic E-state index is 12.6. The number of anilines is 2. The van der Waals surface area contributed by atoms with E-state index in [1.54, 1.807) is 12.1 Å². The molecular formula is C20H18ClN3O4S2. The molecule has 3 N–H and O–H groups in total.